The van der Waals surface area contributed by atoms with Gasteiger partial charge in [-0.1, -0.05) is 48.5 Å². The number of piperazine rings is 1. The summed E-state index contributed by atoms with van der Waals surface area (Å²) in [6.07, 6.45) is 0.417. The summed E-state index contributed by atoms with van der Waals surface area (Å²) in [5.41, 5.74) is 1.82. The molecular weight excluding hydrogens is 344 g/mol. The molecule has 1 heterocycles. The van der Waals surface area contributed by atoms with Crippen molar-refractivity contribution in [3.05, 3.63) is 65.7 Å². The van der Waals surface area contributed by atoms with E-state index in [9.17, 15) is 19.8 Å². The Morgan fingerprint density at radius 1 is 1.00 bits per heavy atom. The second-order valence-corrected chi connectivity index (χ2v) is 6.79. The molecule has 0 bridgehead atoms. The molecule has 6 nitrogen and oxygen atoms in total. The lowest BCUT2D eigenvalue weighted by Gasteiger charge is -2.40. The molecule has 6 heteroatoms. The zero-order valence-electron chi connectivity index (χ0n) is 15.1. The number of nitrogens with zero attached hydrogens (tertiary/aromatic N) is 2. The average Bonchev–Trinajstić information content (AvgIpc) is 2.68. The maximum absolute atomic E-state index is 12.8. The third-order valence-corrected chi connectivity index (χ3v) is 4.99. The fraction of sp³-hybridized carbons (Fsp3) is 0.333. The Balaban J connectivity index is 1.69. The molecule has 27 heavy (non-hydrogen) atoms. The van der Waals surface area contributed by atoms with Crippen LogP contribution in [0.2, 0.25) is 0 Å². The number of carboxylic acid groups (broad SMARTS) is 1. The monoisotopic (exact) mass is 368 g/mol. The number of hydrogen-bond donors (Lipinski definition) is 2. The average molecular weight is 368 g/mol. The minimum atomic E-state index is -0.950. The fourth-order valence-electron chi connectivity index (χ4n) is 3.53. The molecule has 2 aromatic rings. The van der Waals surface area contributed by atoms with Crippen molar-refractivity contribution < 1.29 is 19.8 Å². The van der Waals surface area contributed by atoms with Crippen LogP contribution in [0.1, 0.15) is 17.5 Å². The van der Waals surface area contributed by atoms with Crippen LogP contribution in [0.25, 0.3) is 0 Å². The van der Waals surface area contributed by atoms with Gasteiger partial charge in [0.2, 0.25) is 5.91 Å². The molecule has 0 aromatic heterocycles. The molecule has 1 atom stereocenters. The van der Waals surface area contributed by atoms with Crippen molar-refractivity contribution in [2.45, 2.75) is 25.3 Å². The number of carbonyl (C=O) groups excluding carboxylic acids is 1. The number of hydrogen-bond acceptors (Lipinski definition) is 3. The topological polar surface area (TPSA) is 81.1 Å². The SMILES string of the molecule is O=C(O)N1CCN(C(=O)CCc2ccccc2O)C(Cc2ccccc2)C1. The molecule has 142 valence electrons. The van der Waals surface area contributed by atoms with Gasteiger partial charge in [-0.05, 0) is 30.0 Å². The molecule has 1 fully saturated rings. The van der Waals surface area contributed by atoms with E-state index in [2.05, 4.69) is 0 Å². The standard InChI is InChI=1S/C21H24N2O4/c24-19-9-5-4-8-17(19)10-11-20(25)23-13-12-22(21(26)27)15-18(23)14-16-6-2-1-3-7-16/h1-9,18,24H,10-15H2,(H,26,27). The van der Waals surface area contributed by atoms with Crippen LogP contribution in [0.4, 0.5) is 4.79 Å². The van der Waals surface area contributed by atoms with E-state index >= 15 is 0 Å². The number of phenols is 1. The highest BCUT2D eigenvalue weighted by Crippen LogP contribution is 2.20. The van der Waals surface area contributed by atoms with E-state index in [1.807, 2.05) is 42.5 Å². The largest absolute Gasteiger partial charge is 0.508 e. The molecule has 0 spiro atoms. The van der Waals surface area contributed by atoms with Gasteiger partial charge in [-0.25, -0.2) is 4.79 Å². The van der Waals surface area contributed by atoms with E-state index in [-0.39, 0.29) is 24.1 Å². The van der Waals surface area contributed by atoms with Crippen molar-refractivity contribution in [2.75, 3.05) is 19.6 Å². The lowest BCUT2D eigenvalue weighted by Crippen LogP contribution is -2.57. The van der Waals surface area contributed by atoms with Crippen LogP contribution in [-0.2, 0) is 17.6 Å². The number of benzene rings is 2. The quantitative estimate of drug-likeness (QED) is 0.850. The number of aryl methyl sites for hydroxylation is 1. The van der Waals surface area contributed by atoms with Crippen molar-refractivity contribution in [3.8, 4) is 5.75 Å². The first kappa shape index (κ1) is 18.8. The zero-order chi connectivity index (χ0) is 19.2. The van der Waals surface area contributed by atoms with Gasteiger partial charge >= 0.3 is 6.09 Å². The highest BCUT2D eigenvalue weighted by atomic mass is 16.4. The third kappa shape index (κ3) is 4.78. The zero-order valence-corrected chi connectivity index (χ0v) is 15.1. The van der Waals surface area contributed by atoms with Gasteiger partial charge in [0.15, 0.2) is 0 Å². The predicted molar refractivity (Wildman–Crippen MR) is 102 cm³/mol. The van der Waals surface area contributed by atoms with Crippen LogP contribution < -0.4 is 0 Å². The minimum Gasteiger partial charge on any atom is -0.508 e. The molecular formula is C21H24N2O4. The number of para-hydroxylation sites is 1. The van der Waals surface area contributed by atoms with E-state index in [0.29, 0.717) is 32.5 Å². The summed E-state index contributed by atoms with van der Waals surface area (Å²) < 4.78 is 0. The van der Waals surface area contributed by atoms with Crippen molar-refractivity contribution in [3.63, 3.8) is 0 Å². The van der Waals surface area contributed by atoms with Gasteiger partial charge in [0, 0.05) is 26.1 Å². The first-order chi connectivity index (χ1) is 13.0. The summed E-state index contributed by atoms with van der Waals surface area (Å²) >= 11 is 0. The molecule has 1 unspecified atom stereocenters. The van der Waals surface area contributed by atoms with Crippen LogP contribution in [0.3, 0.4) is 0 Å². The lowest BCUT2D eigenvalue weighted by atomic mass is 10.0. The van der Waals surface area contributed by atoms with Gasteiger partial charge in [-0.15, -0.1) is 0 Å². The summed E-state index contributed by atoms with van der Waals surface area (Å²) in [5, 5.41) is 19.2. The summed E-state index contributed by atoms with van der Waals surface area (Å²) in [5.74, 6) is 0.186. The summed E-state index contributed by atoms with van der Waals surface area (Å²) in [6, 6.07) is 16.6. The lowest BCUT2D eigenvalue weighted by molar-refractivity contribution is -0.135. The van der Waals surface area contributed by atoms with Crippen LogP contribution in [0.5, 0.6) is 5.75 Å². The van der Waals surface area contributed by atoms with Crippen molar-refractivity contribution in [1.82, 2.24) is 9.80 Å². The van der Waals surface area contributed by atoms with Gasteiger partial charge in [0.1, 0.15) is 5.75 Å². The first-order valence-electron chi connectivity index (χ1n) is 9.12. The van der Waals surface area contributed by atoms with Crippen LogP contribution >= 0.6 is 0 Å². The predicted octanol–water partition coefficient (Wildman–Crippen LogP) is 2.76. The first-order valence-corrected chi connectivity index (χ1v) is 9.12. The van der Waals surface area contributed by atoms with Crippen LogP contribution in [0.15, 0.2) is 54.6 Å². The summed E-state index contributed by atoms with van der Waals surface area (Å²) in [6.45, 7) is 1.03. The Morgan fingerprint density at radius 3 is 2.41 bits per heavy atom. The van der Waals surface area contributed by atoms with Crippen LogP contribution in [0, 0.1) is 0 Å². The minimum absolute atomic E-state index is 0.00998. The van der Waals surface area contributed by atoms with Gasteiger partial charge < -0.3 is 20.0 Å². The molecule has 1 aliphatic rings. The van der Waals surface area contributed by atoms with E-state index in [1.54, 1.807) is 17.0 Å². The Labute approximate surface area is 158 Å². The molecule has 1 saturated heterocycles. The molecule has 2 N–H and O–H groups in total. The smallest absolute Gasteiger partial charge is 0.407 e. The van der Waals surface area contributed by atoms with Gasteiger partial charge in [0.25, 0.3) is 0 Å². The maximum Gasteiger partial charge on any atom is 0.407 e. The third-order valence-electron chi connectivity index (χ3n) is 4.99. The second-order valence-electron chi connectivity index (χ2n) is 6.79. The summed E-state index contributed by atoms with van der Waals surface area (Å²) in [4.78, 5) is 27.4. The van der Waals surface area contributed by atoms with Crippen molar-refractivity contribution in [2.24, 2.45) is 0 Å². The number of rotatable bonds is 5. The summed E-state index contributed by atoms with van der Waals surface area (Å²) in [7, 11) is 0. The van der Waals surface area contributed by atoms with E-state index in [4.69, 9.17) is 0 Å². The van der Waals surface area contributed by atoms with Gasteiger partial charge in [-0.3, -0.25) is 4.79 Å². The number of aromatic hydroxyl groups is 1. The molecule has 0 saturated carbocycles. The van der Waals surface area contributed by atoms with Gasteiger partial charge in [-0.2, -0.15) is 0 Å². The van der Waals surface area contributed by atoms with E-state index < -0.39 is 6.09 Å². The number of phenolic OH excluding ortho intramolecular Hbond substituents is 1. The molecule has 0 aliphatic carbocycles. The van der Waals surface area contributed by atoms with Crippen molar-refractivity contribution in [1.29, 1.82) is 0 Å². The Morgan fingerprint density at radius 2 is 1.70 bits per heavy atom. The van der Waals surface area contributed by atoms with E-state index in [1.165, 1.54) is 4.90 Å². The normalized spacial score (nSPS) is 17.0. The highest BCUT2D eigenvalue weighted by Gasteiger charge is 2.32. The Hall–Kier alpha value is -3.02. The van der Waals surface area contributed by atoms with E-state index in [0.717, 1.165) is 11.1 Å². The molecule has 1 aliphatic heterocycles. The van der Waals surface area contributed by atoms with Crippen molar-refractivity contribution >= 4 is 12.0 Å². The maximum atomic E-state index is 12.8. The number of carbonyl (C=O) groups is 2. The Bertz CT molecular complexity index is 794. The molecule has 0 radical (unpaired) electrons. The number of amides is 2. The Kier molecular flexibility index (Phi) is 5.96. The highest BCUT2D eigenvalue weighted by molar-refractivity contribution is 5.77. The fourth-order valence-corrected chi connectivity index (χ4v) is 3.53. The van der Waals surface area contributed by atoms with Gasteiger partial charge in [0.05, 0.1) is 6.04 Å². The molecule has 2 amide bonds. The second kappa shape index (κ2) is 8.58. The molecule has 3 rings (SSSR count). The molecule has 2 aromatic carbocycles. The van der Waals surface area contributed by atoms with Crippen LogP contribution in [-0.4, -0.2) is 57.7 Å².